The number of phenols is 1. The van der Waals surface area contributed by atoms with Crippen LogP contribution in [0.4, 0.5) is 5.13 Å². The van der Waals surface area contributed by atoms with Crippen LogP contribution in [0.25, 0.3) is 5.76 Å². The topological polar surface area (TPSA) is 126 Å². The predicted octanol–water partition coefficient (Wildman–Crippen LogP) is 3.58. The van der Waals surface area contributed by atoms with Crippen LogP contribution in [0, 0.1) is 6.92 Å². The van der Waals surface area contributed by atoms with Gasteiger partial charge in [-0.3, -0.25) is 14.5 Å². The first kappa shape index (κ1) is 23.0. The average molecular weight is 480 g/mol. The molecule has 10 heteroatoms. The van der Waals surface area contributed by atoms with E-state index >= 15 is 0 Å². The normalized spacial score (nSPS) is 17.1. The number of ketones is 1. The lowest BCUT2D eigenvalue weighted by Crippen LogP contribution is -2.29. The number of anilines is 1. The maximum atomic E-state index is 13.2. The lowest BCUT2D eigenvalue weighted by Gasteiger charge is -2.23. The van der Waals surface area contributed by atoms with Crippen molar-refractivity contribution < 1.29 is 34.1 Å². The number of nitrogens with zero attached hydrogens (tertiary/aromatic N) is 2. The van der Waals surface area contributed by atoms with Crippen molar-refractivity contribution in [3.63, 3.8) is 0 Å². The van der Waals surface area contributed by atoms with Crippen LogP contribution < -0.4 is 9.64 Å². The van der Waals surface area contributed by atoms with E-state index in [9.17, 15) is 24.6 Å². The molecule has 1 saturated heterocycles. The minimum absolute atomic E-state index is 0.0815. The molecule has 1 aromatic heterocycles. The van der Waals surface area contributed by atoms with E-state index in [1.54, 1.807) is 37.3 Å². The van der Waals surface area contributed by atoms with Crippen LogP contribution >= 0.6 is 11.3 Å². The van der Waals surface area contributed by atoms with Gasteiger partial charge in [0.15, 0.2) is 5.13 Å². The quantitative estimate of drug-likeness (QED) is 0.246. The number of hydrogen-bond donors (Lipinski definition) is 2. The highest BCUT2D eigenvalue weighted by atomic mass is 32.1. The standard InChI is InChI=1S/C24H20N2O7S/c1-12-21(23(31)33-3)34-24(25-12)26-18(13-6-4-8-15(27)10-13)17(20(29)22(26)30)19(28)14-7-5-9-16(11-14)32-2/h4-11,18,27-28H,1-3H3/b19-17+/t18-/m1/s1. The summed E-state index contributed by atoms with van der Waals surface area (Å²) in [6.45, 7) is 1.59. The van der Waals surface area contributed by atoms with E-state index < -0.39 is 29.5 Å². The van der Waals surface area contributed by atoms with Crippen LogP contribution in [0.15, 0.2) is 54.1 Å². The molecule has 2 heterocycles. The highest BCUT2D eigenvalue weighted by molar-refractivity contribution is 7.17. The number of aromatic nitrogens is 1. The number of methoxy groups -OCH3 is 2. The van der Waals surface area contributed by atoms with Crippen LogP contribution in [0.1, 0.15) is 32.5 Å². The van der Waals surface area contributed by atoms with E-state index in [2.05, 4.69) is 4.98 Å². The summed E-state index contributed by atoms with van der Waals surface area (Å²) in [4.78, 5) is 44.1. The Morgan fingerprint density at radius 1 is 1.12 bits per heavy atom. The number of benzene rings is 2. The first-order valence-corrected chi connectivity index (χ1v) is 10.9. The molecule has 1 atom stereocenters. The van der Waals surface area contributed by atoms with Crippen LogP contribution in [-0.4, -0.2) is 47.1 Å². The summed E-state index contributed by atoms with van der Waals surface area (Å²) in [5, 5.41) is 21.3. The molecule has 9 nitrogen and oxygen atoms in total. The molecule has 174 valence electrons. The Bertz CT molecular complexity index is 1340. The Kier molecular flexibility index (Phi) is 6.08. The van der Waals surface area contributed by atoms with Crippen molar-refractivity contribution in [1.82, 2.24) is 4.98 Å². The smallest absolute Gasteiger partial charge is 0.350 e. The van der Waals surface area contributed by atoms with E-state index in [1.165, 1.54) is 32.4 Å². The van der Waals surface area contributed by atoms with Gasteiger partial charge in [-0.05, 0) is 36.8 Å². The molecule has 0 aliphatic carbocycles. The maximum Gasteiger partial charge on any atom is 0.350 e. The molecule has 1 aliphatic heterocycles. The molecule has 1 fully saturated rings. The van der Waals surface area contributed by atoms with Crippen molar-refractivity contribution in [1.29, 1.82) is 0 Å². The van der Waals surface area contributed by atoms with Gasteiger partial charge in [-0.1, -0.05) is 35.6 Å². The number of ether oxygens (including phenoxy) is 2. The number of aryl methyl sites for hydroxylation is 1. The number of aromatic hydroxyl groups is 1. The number of phenolic OH excluding ortho intramolecular Hbond substituents is 1. The summed E-state index contributed by atoms with van der Waals surface area (Å²) in [5.41, 5.74) is 0.789. The van der Waals surface area contributed by atoms with Crippen molar-refractivity contribution in [2.45, 2.75) is 13.0 Å². The highest BCUT2D eigenvalue weighted by Crippen LogP contribution is 2.44. The lowest BCUT2D eigenvalue weighted by atomic mass is 9.95. The number of rotatable bonds is 5. The number of carbonyl (C=O) groups excluding carboxylic acids is 3. The third-order valence-corrected chi connectivity index (χ3v) is 6.47. The molecule has 1 amide bonds. The number of Topliss-reactive ketones (excluding diaryl/α,β-unsaturated/α-hetero) is 1. The molecule has 0 unspecified atom stereocenters. The fourth-order valence-electron chi connectivity index (χ4n) is 3.73. The molecule has 2 N–H and O–H groups in total. The largest absolute Gasteiger partial charge is 0.508 e. The monoisotopic (exact) mass is 480 g/mol. The second-order valence-electron chi connectivity index (χ2n) is 7.40. The van der Waals surface area contributed by atoms with Crippen molar-refractivity contribution in [3.05, 3.63) is 75.8 Å². The van der Waals surface area contributed by atoms with E-state index in [0.717, 1.165) is 16.2 Å². The molecule has 0 bridgehead atoms. The molecule has 0 radical (unpaired) electrons. The van der Waals surface area contributed by atoms with Crippen LogP contribution in [0.2, 0.25) is 0 Å². The van der Waals surface area contributed by atoms with Gasteiger partial charge in [0.1, 0.15) is 22.1 Å². The lowest BCUT2D eigenvalue weighted by molar-refractivity contribution is -0.132. The first-order valence-electron chi connectivity index (χ1n) is 10.1. The molecule has 1 aliphatic rings. The Morgan fingerprint density at radius 3 is 2.53 bits per heavy atom. The van der Waals surface area contributed by atoms with Gasteiger partial charge in [-0.25, -0.2) is 9.78 Å². The van der Waals surface area contributed by atoms with Crippen molar-refractivity contribution >= 4 is 39.9 Å². The number of aliphatic hydroxyl groups is 1. The van der Waals surface area contributed by atoms with Crippen molar-refractivity contribution in [3.8, 4) is 11.5 Å². The Balaban J connectivity index is 1.95. The number of carbonyl (C=O) groups is 3. The summed E-state index contributed by atoms with van der Waals surface area (Å²) in [5.74, 6) is -2.53. The van der Waals surface area contributed by atoms with Crippen LogP contribution in [0.5, 0.6) is 11.5 Å². The minimum atomic E-state index is -1.10. The molecular formula is C24H20N2O7S. The molecule has 4 rings (SSSR count). The summed E-state index contributed by atoms with van der Waals surface area (Å²) in [7, 11) is 2.70. The van der Waals surface area contributed by atoms with Gasteiger partial charge >= 0.3 is 11.9 Å². The third-order valence-electron chi connectivity index (χ3n) is 5.34. The van der Waals surface area contributed by atoms with Crippen LogP contribution in [-0.2, 0) is 14.3 Å². The molecule has 3 aromatic rings. The zero-order valence-electron chi connectivity index (χ0n) is 18.4. The zero-order valence-corrected chi connectivity index (χ0v) is 19.3. The second kappa shape index (κ2) is 8.99. The van der Waals surface area contributed by atoms with E-state index in [4.69, 9.17) is 9.47 Å². The Hall–Kier alpha value is -4.18. The van der Waals surface area contributed by atoms with Gasteiger partial charge in [-0.15, -0.1) is 0 Å². The van der Waals surface area contributed by atoms with Gasteiger partial charge in [0.05, 0.1) is 31.5 Å². The zero-order chi connectivity index (χ0) is 24.6. The number of esters is 1. The molecule has 0 saturated carbocycles. The van der Waals surface area contributed by atoms with E-state index in [0.29, 0.717) is 17.0 Å². The van der Waals surface area contributed by atoms with Gasteiger partial charge in [-0.2, -0.15) is 0 Å². The summed E-state index contributed by atoms with van der Waals surface area (Å²) in [6.07, 6.45) is 0. The fraction of sp³-hybridized carbons (Fsp3) is 0.167. The minimum Gasteiger partial charge on any atom is -0.508 e. The predicted molar refractivity (Wildman–Crippen MR) is 124 cm³/mol. The van der Waals surface area contributed by atoms with Gasteiger partial charge in [0.2, 0.25) is 0 Å². The third kappa shape index (κ3) is 3.88. The van der Waals surface area contributed by atoms with E-state index in [-0.39, 0.29) is 26.9 Å². The Morgan fingerprint density at radius 2 is 1.85 bits per heavy atom. The van der Waals surface area contributed by atoms with Gasteiger partial charge in [0.25, 0.3) is 5.78 Å². The average Bonchev–Trinajstić information content (AvgIpc) is 3.35. The maximum absolute atomic E-state index is 13.2. The summed E-state index contributed by atoms with van der Waals surface area (Å²) in [6, 6.07) is 11.3. The molecule has 2 aromatic carbocycles. The number of aliphatic hydroxyl groups excluding tert-OH is 1. The SMILES string of the molecule is COC(=O)c1sc(N2C(=O)C(=O)/C(=C(/O)c3cccc(OC)c3)[C@H]2c2cccc(O)c2)nc1C. The summed E-state index contributed by atoms with van der Waals surface area (Å²) < 4.78 is 9.98. The molecule has 0 spiro atoms. The van der Waals surface area contributed by atoms with Crippen molar-refractivity contribution in [2.75, 3.05) is 19.1 Å². The van der Waals surface area contributed by atoms with Crippen LogP contribution in [0.3, 0.4) is 0 Å². The molecular weight excluding hydrogens is 460 g/mol. The summed E-state index contributed by atoms with van der Waals surface area (Å²) >= 11 is 0.894. The number of hydrogen-bond acceptors (Lipinski definition) is 9. The van der Waals surface area contributed by atoms with Gasteiger partial charge in [0, 0.05) is 5.56 Å². The van der Waals surface area contributed by atoms with Crippen molar-refractivity contribution in [2.24, 2.45) is 0 Å². The van der Waals surface area contributed by atoms with E-state index in [1.807, 2.05) is 0 Å². The molecule has 34 heavy (non-hydrogen) atoms. The first-order chi connectivity index (χ1) is 16.3. The van der Waals surface area contributed by atoms with Gasteiger partial charge < -0.3 is 19.7 Å². The number of amides is 1. The second-order valence-corrected chi connectivity index (χ2v) is 8.38. The highest BCUT2D eigenvalue weighted by Gasteiger charge is 2.48. The fourth-order valence-corrected chi connectivity index (χ4v) is 4.75. The Labute approximate surface area is 198 Å². The number of thiazole rings is 1.